The molecule has 0 aromatic heterocycles. The molecule has 0 bridgehead atoms. The van der Waals surface area contributed by atoms with Crippen molar-refractivity contribution < 1.29 is 13.2 Å². The molecule has 7 heteroatoms. The van der Waals surface area contributed by atoms with E-state index in [1.54, 1.807) is 12.1 Å². The highest BCUT2D eigenvalue weighted by atomic mass is 32.2. The molecule has 0 fully saturated rings. The van der Waals surface area contributed by atoms with Gasteiger partial charge in [-0.2, -0.15) is 0 Å². The smallest absolute Gasteiger partial charge is 0.246 e. The van der Waals surface area contributed by atoms with Crippen LogP contribution in [0.4, 0.5) is 11.4 Å². The van der Waals surface area contributed by atoms with Crippen LogP contribution in [0.25, 0.3) is 0 Å². The van der Waals surface area contributed by atoms with Crippen molar-refractivity contribution in [3.63, 3.8) is 0 Å². The molecule has 2 aromatic carbocycles. The van der Waals surface area contributed by atoms with Crippen molar-refractivity contribution in [2.45, 2.75) is 18.9 Å². The maximum Gasteiger partial charge on any atom is 0.246 e. The Hall–Kier alpha value is -2.38. The van der Waals surface area contributed by atoms with E-state index in [2.05, 4.69) is 5.32 Å². The van der Waals surface area contributed by atoms with E-state index in [-0.39, 0.29) is 5.91 Å². The molecule has 2 aromatic rings. The Morgan fingerprint density at radius 2 is 1.85 bits per heavy atom. The first-order chi connectivity index (χ1) is 12.8. The van der Waals surface area contributed by atoms with Gasteiger partial charge in [0.25, 0.3) is 0 Å². The van der Waals surface area contributed by atoms with Crippen LogP contribution in [-0.4, -0.2) is 46.1 Å². The van der Waals surface area contributed by atoms with Crippen molar-refractivity contribution in [3.8, 4) is 0 Å². The number of anilines is 2. The lowest BCUT2D eigenvalue weighted by atomic mass is 10.0. The SMILES string of the molecule is CN(C)C(C(=O)Nc1ccc2c(c1)CCCN2S(C)(=O)=O)c1ccccc1. The van der Waals surface area contributed by atoms with E-state index in [4.69, 9.17) is 0 Å². The average Bonchev–Trinajstić information content (AvgIpc) is 2.61. The van der Waals surface area contributed by atoms with Gasteiger partial charge in [0, 0.05) is 12.2 Å². The van der Waals surface area contributed by atoms with Crippen LogP contribution in [0.3, 0.4) is 0 Å². The molecule has 1 N–H and O–H groups in total. The van der Waals surface area contributed by atoms with Gasteiger partial charge in [0.05, 0.1) is 11.9 Å². The van der Waals surface area contributed by atoms with Crippen molar-refractivity contribution in [2.75, 3.05) is 36.5 Å². The summed E-state index contributed by atoms with van der Waals surface area (Å²) in [6.07, 6.45) is 2.78. The summed E-state index contributed by atoms with van der Waals surface area (Å²) in [7, 11) is 0.442. The van der Waals surface area contributed by atoms with Crippen LogP contribution in [0.5, 0.6) is 0 Å². The molecule has 27 heavy (non-hydrogen) atoms. The predicted octanol–water partition coefficient (Wildman–Crippen LogP) is 2.64. The van der Waals surface area contributed by atoms with Crippen LogP contribution >= 0.6 is 0 Å². The van der Waals surface area contributed by atoms with Crippen molar-refractivity contribution in [3.05, 3.63) is 59.7 Å². The molecule has 0 saturated carbocycles. The number of aryl methyl sites for hydroxylation is 1. The predicted molar refractivity (Wildman–Crippen MR) is 108 cm³/mol. The van der Waals surface area contributed by atoms with Crippen LogP contribution in [0.1, 0.15) is 23.6 Å². The molecule has 0 spiro atoms. The molecule has 0 radical (unpaired) electrons. The number of amides is 1. The van der Waals surface area contributed by atoms with E-state index in [1.807, 2.05) is 55.4 Å². The number of hydrogen-bond donors (Lipinski definition) is 1. The standard InChI is InChI=1S/C20H25N3O3S/c1-22(2)19(15-8-5-4-6-9-15)20(24)21-17-11-12-18-16(14-17)10-7-13-23(18)27(3,25)26/h4-6,8-9,11-12,14,19H,7,10,13H2,1-3H3,(H,21,24). The maximum atomic E-state index is 12.9. The summed E-state index contributed by atoms with van der Waals surface area (Å²) in [5.74, 6) is -0.123. The maximum absolute atomic E-state index is 12.9. The first-order valence-corrected chi connectivity index (χ1v) is 10.7. The Morgan fingerprint density at radius 3 is 2.48 bits per heavy atom. The van der Waals surface area contributed by atoms with Crippen LogP contribution in [0, 0.1) is 0 Å². The van der Waals surface area contributed by atoms with Gasteiger partial charge in [0.1, 0.15) is 6.04 Å². The highest BCUT2D eigenvalue weighted by molar-refractivity contribution is 7.92. The number of likely N-dealkylation sites (N-methyl/N-ethyl adjacent to an activating group) is 1. The number of fused-ring (bicyclic) bond motifs is 1. The third-order valence-electron chi connectivity index (χ3n) is 4.70. The highest BCUT2D eigenvalue weighted by Gasteiger charge is 2.26. The summed E-state index contributed by atoms with van der Waals surface area (Å²) in [6, 6.07) is 14.6. The number of sulfonamides is 1. The van der Waals surface area contributed by atoms with Gasteiger partial charge in [0.15, 0.2) is 0 Å². The summed E-state index contributed by atoms with van der Waals surface area (Å²) in [6.45, 7) is 0.494. The first-order valence-electron chi connectivity index (χ1n) is 8.90. The van der Waals surface area contributed by atoms with Crippen LogP contribution in [0.2, 0.25) is 0 Å². The minimum atomic E-state index is -3.30. The third-order valence-corrected chi connectivity index (χ3v) is 5.88. The van der Waals surface area contributed by atoms with Gasteiger partial charge in [-0.3, -0.25) is 14.0 Å². The van der Waals surface area contributed by atoms with E-state index in [1.165, 1.54) is 10.6 Å². The number of nitrogens with zero attached hydrogens (tertiary/aromatic N) is 2. The second-order valence-corrected chi connectivity index (χ2v) is 8.96. The van der Waals surface area contributed by atoms with Gasteiger partial charge >= 0.3 is 0 Å². The summed E-state index contributed by atoms with van der Waals surface area (Å²) < 4.78 is 25.4. The molecule has 0 aliphatic carbocycles. The average molecular weight is 388 g/mol. The Labute approximate surface area is 160 Å². The quantitative estimate of drug-likeness (QED) is 0.856. The zero-order valence-electron chi connectivity index (χ0n) is 15.8. The molecular weight excluding hydrogens is 362 g/mol. The van der Waals surface area contributed by atoms with E-state index in [0.29, 0.717) is 17.9 Å². The van der Waals surface area contributed by atoms with Crippen LogP contribution in [-0.2, 0) is 21.2 Å². The second kappa shape index (κ2) is 7.70. The van der Waals surface area contributed by atoms with E-state index >= 15 is 0 Å². The molecular formula is C20H25N3O3S. The molecule has 1 heterocycles. The topological polar surface area (TPSA) is 69.7 Å². The molecule has 1 aliphatic rings. The van der Waals surface area contributed by atoms with E-state index < -0.39 is 16.1 Å². The number of nitrogens with one attached hydrogen (secondary N) is 1. The van der Waals surface area contributed by atoms with Gasteiger partial charge in [-0.1, -0.05) is 30.3 Å². The lowest BCUT2D eigenvalue weighted by Gasteiger charge is -2.30. The minimum Gasteiger partial charge on any atom is -0.324 e. The molecule has 1 atom stereocenters. The van der Waals surface area contributed by atoms with Crippen molar-refractivity contribution in [2.24, 2.45) is 0 Å². The summed E-state index contributed by atoms with van der Waals surface area (Å²) in [5, 5.41) is 2.98. The number of benzene rings is 2. The van der Waals surface area contributed by atoms with Crippen LogP contribution < -0.4 is 9.62 Å². The molecule has 144 valence electrons. The van der Waals surface area contributed by atoms with Crippen molar-refractivity contribution in [1.82, 2.24) is 4.90 Å². The number of carbonyl (C=O) groups excluding carboxylic acids is 1. The largest absolute Gasteiger partial charge is 0.324 e. The number of hydrogen-bond acceptors (Lipinski definition) is 4. The molecule has 6 nitrogen and oxygen atoms in total. The van der Waals surface area contributed by atoms with E-state index in [9.17, 15) is 13.2 Å². The zero-order chi connectivity index (χ0) is 19.6. The summed E-state index contributed by atoms with van der Waals surface area (Å²) >= 11 is 0. The van der Waals surface area contributed by atoms with Crippen molar-refractivity contribution >= 4 is 27.3 Å². The Bertz CT molecular complexity index is 927. The fourth-order valence-electron chi connectivity index (χ4n) is 3.51. The lowest BCUT2D eigenvalue weighted by molar-refractivity contribution is -0.120. The number of rotatable bonds is 5. The first kappa shape index (κ1) is 19.4. The van der Waals surface area contributed by atoms with E-state index in [0.717, 1.165) is 24.0 Å². The second-order valence-electron chi connectivity index (χ2n) is 7.05. The van der Waals surface area contributed by atoms with Gasteiger partial charge in [-0.25, -0.2) is 8.42 Å². The summed E-state index contributed by atoms with van der Waals surface area (Å²) in [4.78, 5) is 14.8. The normalized spacial score (nSPS) is 15.3. The minimum absolute atomic E-state index is 0.123. The van der Waals surface area contributed by atoms with Crippen molar-refractivity contribution in [1.29, 1.82) is 0 Å². The monoisotopic (exact) mass is 387 g/mol. The van der Waals surface area contributed by atoms with Crippen LogP contribution in [0.15, 0.2) is 48.5 Å². The molecule has 0 saturated heterocycles. The number of carbonyl (C=O) groups is 1. The Morgan fingerprint density at radius 1 is 1.15 bits per heavy atom. The molecule has 1 unspecified atom stereocenters. The molecule has 1 aliphatic heterocycles. The zero-order valence-corrected chi connectivity index (χ0v) is 16.7. The van der Waals surface area contributed by atoms with Gasteiger partial charge in [-0.15, -0.1) is 0 Å². The van der Waals surface area contributed by atoms with Gasteiger partial charge < -0.3 is 5.32 Å². The third kappa shape index (κ3) is 4.31. The van der Waals surface area contributed by atoms with Gasteiger partial charge in [-0.05, 0) is 56.3 Å². The molecule has 3 rings (SSSR count). The summed E-state index contributed by atoms with van der Waals surface area (Å²) in [5.41, 5.74) is 3.23. The van der Waals surface area contributed by atoms with Gasteiger partial charge in [0.2, 0.25) is 15.9 Å². The molecule has 1 amide bonds. The Balaban J connectivity index is 1.85. The lowest BCUT2D eigenvalue weighted by Crippen LogP contribution is -2.35. The fraction of sp³-hybridized carbons (Fsp3) is 0.350. The fourth-order valence-corrected chi connectivity index (χ4v) is 4.51. The highest BCUT2D eigenvalue weighted by Crippen LogP contribution is 2.31. The Kier molecular flexibility index (Phi) is 5.53.